The lowest BCUT2D eigenvalue weighted by Gasteiger charge is -2.12. The van der Waals surface area contributed by atoms with E-state index < -0.39 is 0 Å². The number of anilines is 3. The van der Waals surface area contributed by atoms with Gasteiger partial charge in [-0.3, -0.25) is 0 Å². The van der Waals surface area contributed by atoms with Gasteiger partial charge in [-0.05, 0) is 62.1 Å². The number of aromatic nitrogens is 2. The number of rotatable bonds is 5. The molecule has 1 heterocycles. The Morgan fingerprint density at radius 3 is 2.28 bits per heavy atom. The van der Waals surface area contributed by atoms with Crippen molar-refractivity contribution in [3.63, 3.8) is 0 Å². The van der Waals surface area contributed by atoms with Gasteiger partial charge in [0.25, 0.3) is 0 Å². The van der Waals surface area contributed by atoms with Gasteiger partial charge in [0.2, 0.25) is 5.95 Å². The monoisotopic (exact) mass is 332 g/mol. The summed E-state index contributed by atoms with van der Waals surface area (Å²) in [5, 5.41) is 6.71. The van der Waals surface area contributed by atoms with Crippen LogP contribution in [0.5, 0.6) is 0 Å². The van der Waals surface area contributed by atoms with E-state index in [2.05, 4.69) is 83.8 Å². The van der Waals surface area contributed by atoms with Crippen LogP contribution in [0.15, 0.2) is 48.5 Å². The highest BCUT2D eigenvalue weighted by Crippen LogP contribution is 2.19. The lowest BCUT2D eigenvalue weighted by molar-refractivity contribution is 1.05. The molecule has 0 spiro atoms. The van der Waals surface area contributed by atoms with Crippen molar-refractivity contribution in [1.82, 2.24) is 9.97 Å². The minimum absolute atomic E-state index is 0.609. The van der Waals surface area contributed by atoms with Crippen LogP contribution in [-0.4, -0.2) is 9.97 Å². The normalized spacial score (nSPS) is 10.6. The topological polar surface area (TPSA) is 49.8 Å². The standard InChI is InChI=1S/C21H24N4/c1-14-9-15(2)11-19(10-14)24-21-23-17(4)12-20(25-21)22-13-18-8-6-5-7-16(18)3/h5-12H,13H2,1-4H3,(H2,22,23,24,25). The van der Waals surface area contributed by atoms with E-state index in [1.54, 1.807) is 0 Å². The second-order valence-electron chi connectivity index (χ2n) is 6.50. The molecule has 0 amide bonds. The highest BCUT2D eigenvalue weighted by Gasteiger charge is 2.05. The summed E-state index contributed by atoms with van der Waals surface area (Å²) in [6.07, 6.45) is 0. The number of benzene rings is 2. The van der Waals surface area contributed by atoms with Crippen LogP contribution in [0.4, 0.5) is 17.5 Å². The summed E-state index contributed by atoms with van der Waals surface area (Å²) >= 11 is 0. The lowest BCUT2D eigenvalue weighted by atomic mass is 10.1. The fourth-order valence-corrected chi connectivity index (χ4v) is 2.89. The molecule has 25 heavy (non-hydrogen) atoms. The Balaban J connectivity index is 1.77. The minimum atomic E-state index is 0.609. The predicted octanol–water partition coefficient (Wildman–Crippen LogP) is 5.07. The zero-order chi connectivity index (χ0) is 17.8. The first-order valence-corrected chi connectivity index (χ1v) is 8.49. The van der Waals surface area contributed by atoms with Crippen molar-refractivity contribution >= 4 is 17.5 Å². The molecule has 2 aromatic carbocycles. The smallest absolute Gasteiger partial charge is 0.229 e. The summed E-state index contributed by atoms with van der Waals surface area (Å²) in [5.74, 6) is 1.43. The Kier molecular flexibility index (Phi) is 4.98. The molecule has 0 saturated carbocycles. The largest absolute Gasteiger partial charge is 0.366 e. The van der Waals surface area contributed by atoms with E-state index in [4.69, 9.17) is 0 Å². The van der Waals surface area contributed by atoms with Crippen molar-refractivity contribution < 1.29 is 0 Å². The summed E-state index contributed by atoms with van der Waals surface area (Å²) in [6, 6.07) is 16.7. The lowest BCUT2D eigenvalue weighted by Crippen LogP contribution is -2.06. The molecule has 0 bridgehead atoms. The van der Waals surface area contributed by atoms with E-state index in [1.807, 2.05) is 13.0 Å². The summed E-state index contributed by atoms with van der Waals surface area (Å²) in [4.78, 5) is 9.10. The molecule has 0 saturated heterocycles. The van der Waals surface area contributed by atoms with Crippen LogP contribution in [0.25, 0.3) is 0 Å². The first-order valence-electron chi connectivity index (χ1n) is 8.49. The first kappa shape index (κ1) is 17.0. The van der Waals surface area contributed by atoms with Crippen molar-refractivity contribution in [3.8, 4) is 0 Å². The van der Waals surface area contributed by atoms with E-state index in [0.29, 0.717) is 5.95 Å². The molecule has 3 rings (SSSR count). The molecular weight excluding hydrogens is 308 g/mol. The Morgan fingerprint density at radius 1 is 0.840 bits per heavy atom. The maximum Gasteiger partial charge on any atom is 0.229 e. The van der Waals surface area contributed by atoms with Crippen molar-refractivity contribution in [3.05, 3.63) is 76.5 Å². The van der Waals surface area contributed by atoms with Crippen LogP contribution in [-0.2, 0) is 6.54 Å². The molecule has 0 radical (unpaired) electrons. The van der Waals surface area contributed by atoms with E-state index in [-0.39, 0.29) is 0 Å². The number of nitrogens with zero attached hydrogens (tertiary/aromatic N) is 2. The quantitative estimate of drug-likeness (QED) is 0.685. The summed E-state index contributed by atoms with van der Waals surface area (Å²) in [7, 11) is 0. The molecule has 0 fully saturated rings. The number of aryl methyl sites for hydroxylation is 4. The molecular formula is C21H24N4. The van der Waals surface area contributed by atoms with Gasteiger partial charge in [0.15, 0.2) is 0 Å². The minimum Gasteiger partial charge on any atom is -0.366 e. The highest BCUT2D eigenvalue weighted by atomic mass is 15.1. The van der Waals surface area contributed by atoms with Gasteiger partial charge < -0.3 is 10.6 Å². The third kappa shape index (κ3) is 4.57. The second-order valence-corrected chi connectivity index (χ2v) is 6.50. The third-order valence-corrected chi connectivity index (χ3v) is 4.05. The van der Waals surface area contributed by atoms with Crippen LogP contribution in [0.2, 0.25) is 0 Å². The molecule has 0 atom stereocenters. The van der Waals surface area contributed by atoms with E-state index >= 15 is 0 Å². The van der Waals surface area contributed by atoms with Crippen LogP contribution in [0.3, 0.4) is 0 Å². The predicted molar refractivity (Wildman–Crippen MR) is 104 cm³/mol. The van der Waals surface area contributed by atoms with E-state index in [0.717, 1.165) is 23.7 Å². The molecule has 4 nitrogen and oxygen atoms in total. The van der Waals surface area contributed by atoms with E-state index in [9.17, 15) is 0 Å². The van der Waals surface area contributed by atoms with Crippen LogP contribution in [0.1, 0.15) is 27.9 Å². The van der Waals surface area contributed by atoms with E-state index in [1.165, 1.54) is 22.3 Å². The van der Waals surface area contributed by atoms with Gasteiger partial charge in [-0.2, -0.15) is 4.98 Å². The first-order chi connectivity index (χ1) is 12.0. The van der Waals surface area contributed by atoms with Crippen molar-refractivity contribution in [2.75, 3.05) is 10.6 Å². The maximum atomic E-state index is 4.60. The molecule has 0 aliphatic rings. The van der Waals surface area contributed by atoms with Gasteiger partial charge in [0.05, 0.1) is 0 Å². The molecule has 128 valence electrons. The maximum absolute atomic E-state index is 4.60. The molecule has 0 unspecified atom stereocenters. The SMILES string of the molecule is Cc1cc(C)cc(Nc2nc(C)cc(NCc3ccccc3C)n2)c1. The zero-order valence-corrected chi connectivity index (χ0v) is 15.2. The van der Waals surface area contributed by atoms with Crippen LogP contribution < -0.4 is 10.6 Å². The van der Waals surface area contributed by atoms with Gasteiger partial charge in [0.1, 0.15) is 5.82 Å². The average Bonchev–Trinajstić information content (AvgIpc) is 2.52. The molecule has 0 aliphatic heterocycles. The van der Waals surface area contributed by atoms with Crippen molar-refractivity contribution in [1.29, 1.82) is 0 Å². The van der Waals surface area contributed by atoms with Crippen molar-refractivity contribution in [2.45, 2.75) is 34.2 Å². The third-order valence-electron chi connectivity index (χ3n) is 4.05. The average molecular weight is 332 g/mol. The molecule has 1 aromatic heterocycles. The molecule has 4 heteroatoms. The van der Waals surface area contributed by atoms with Gasteiger partial charge in [-0.15, -0.1) is 0 Å². The molecule has 3 aromatic rings. The Bertz CT molecular complexity index is 867. The number of nitrogens with one attached hydrogen (secondary N) is 2. The van der Waals surface area contributed by atoms with Crippen LogP contribution >= 0.6 is 0 Å². The van der Waals surface area contributed by atoms with Gasteiger partial charge in [-0.1, -0.05) is 30.3 Å². The molecule has 0 aliphatic carbocycles. The van der Waals surface area contributed by atoms with Gasteiger partial charge in [-0.25, -0.2) is 4.98 Å². The Morgan fingerprint density at radius 2 is 1.56 bits per heavy atom. The number of hydrogen-bond donors (Lipinski definition) is 2. The second kappa shape index (κ2) is 7.34. The fourth-order valence-electron chi connectivity index (χ4n) is 2.89. The zero-order valence-electron chi connectivity index (χ0n) is 15.2. The van der Waals surface area contributed by atoms with Crippen molar-refractivity contribution in [2.24, 2.45) is 0 Å². The van der Waals surface area contributed by atoms with Crippen LogP contribution in [0, 0.1) is 27.7 Å². The summed E-state index contributed by atoms with van der Waals surface area (Å²) in [6.45, 7) is 9.02. The highest BCUT2D eigenvalue weighted by molar-refractivity contribution is 5.57. The van der Waals surface area contributed by atoms with Gasteiger partial charge >= 0.3 is 0 Å². The summed E-state index contributed by atoms with van der Waals surface area (Å²) in [5.41, 5.74) is 6.90. The molecule has 2 N–H and O–H groups in total. The Hall–Kier alpha value is -2.88. The summed E-state index contributed by atoms with van der Waals surface area (Å²) < 4.78 is 0. The number of hydrogen-bond acceptors (Lipinski definition) is 4. The van der Waals surface area contributed by atoms with Gasteiger partial charge in [0, 0.05) is 24.0 Å². The Labute approximate surface area is 149 Å². The fraction of sp³-hybridized carbons (Fsp3) is 0.238.